The lowest BCUT2D eigenvalue weighted by Gasteiger charge is -2.08. The van der Waals surface area contributed by atoms with E-state index in [4.69, 9.17) is 5.14 Å². The minimum absolute atomic E-state index is 0.0568. The molecule has 6 heteroatoms. The van der Waals surface area contributed by atoms with Gasteiger partial charge in [-0.2, -0.15) is 0 Å². The minimum Gasteiger partial charge on any atom is -0.465 e. The molecule has 0 bridgehead atoms. The van der Waals surface area contributed by atoms with Gasteiger partial charge in [0.05, 0.1) is 17.6 Å². The van der Waals surface area contributed by atoms with Gasteiger partial charge < -0.3 is 4.74 Å². The zero-order chi connectivity index (χ0) is 13.3. The van der Waals surface area contributed by atoms with Gasteiger partial charge in [-0.05, 0) is 22.9 Å². The average molecular weight is 265 g/mol. The quantitative estimate of drug-likeness (QED) is 0.828. The van der Waals surface area contributed by atoms with Crippen molar-refractivity contribution in [3.63, 3.8) is 0 Å². The minimum atomic E-state index is -3.98. The largest absolute Gasteiger partial charge is 0.465 e. The monoisotopic (exact) mass is 265 g/mol. The van der Waals surface area contributed by atoms with Crippen molar-refractivity contribution >= 4 is 26.8 Å². The van der Waals surface area contributed by atoms with Gasteiger partial charge in [-0.25, -0.2) is 18.4 Å². The van der Waals surface area contributed by atoms with Crippen LogP contribution in [0, 0.1) is 0 Å². The Morgan fingerprint density at radius 2 is 1.72 bits per heavy atom. The summed E-state index contributed by atoms with van der Waals surface area (Å²) in [5.74, 6) is -0.732. The molecule has 5 nitrogen and oxygen atoms in total. The fourth-order valence-corrected chi connectivity index (χ4v) is 2.46. The Morgan fingerprint density at radius 3 is 2.22 bits per heavy atom. The van der Waals surface area contributed by atoms with E-state index in [0.717, 1.165) is 5.39 Å². The first-order valence-corrected chi connectivity index (χ1v) is 6.62. The van der Waals surface area contributed by atoms with Gasteiger partial charge in [-0.15, -0.1) is 0 Å². The molecule has 94 valence electrons. The second-order valence-electron chi connectivity index (χ2n) is 3.73. The number of ether oxygens (including phenoxy) is 1. The summed E-state index contributed by atoms with van der Waals surface area (Å²) in [4.78, 5) is 11.4. The number of sulfonamides is 1. The summed E-state index contributed by atoms with van der Waals surface area (Å²) in [7, 11) is -2.80. The van der Waals surface area contributed by atoms with Crippen LogP contribution < -0.4 is 5.14 Å². The molecule has 0 radical (unpaired) electrons. The van der Waals surface area contributed by atoms with Crippen molar-refractivity contribution in [1.29, 1.82) is 0 Å². The Hall–Kier alpha value is -1.92. The Morgan fingerprint density at radius 1 is 1.17 bits per heavy atom. The van der Waals surface area contributed by atoms with Gasteiger partial charge in [0.25, 0.3) is 0 Å². The molecule has 0 amide bonds. The number of esters is 1. The maximum atomic E-state index is 11.6. The first-order chi connectivity index (χ1) is 8.43. The molecule has 0 aliphatic carbocycles. The second kappa shape index (κ2) is 4.40. The van der Waals surface area contributed by atoms with Crippen molar-refractivity contribution < 1.29 is 17.9 Å². The van der Waals surface area contributed by atoms with Crippen molar-refractivity contribution in [2.75, 3.05) is 7.11 Å². The third-order valence-electron chi connectivity index (χ3n) is 2.56. The molecule has 0 saturated carbocycles. The predicted molar refractivity (Wildman–Crippen MR) is 66.7 cm³/mol. The topological polar surface area (TPSA) is 86.5 Å². The van der Waals surface area contributed by atoms with E-state index in [1.165, 1.54) is 19.2 Å². The molecule has 0 spiro atoms. The maximum absolute atomic E-state index is 11.6. The van der Waals surface area contributed by atoms with E-state index in [9.17, 15) is 13.2 Å². The van der Waals surface area contributed by atoms with Crippen molar-refractivity contribution in [2.45, 2.75) is 4.90 Å². The zero-order valence-corrected chi connectivity index (χ0v) is 10.4. The van der Waals surface area contributed by atoms with E-state index in [2.05, 4.69) is 4.74 Å². The molecule has 18 heavy (non-hydrogen) atoms. The van der Waals surface area contributed by atoms with Crippen LogP contribution in [0.4, 0.5) is 0 Å². The van der Waals surface area contributed by atoms with Crippen LogP contribution in [-0.4, -0.2) is 21.5 Å². The van der Waals surface area contributed by atoms with Crippen LogP contribution in [0.5, 0.6) is 0 Å². The molecule has 0 saturated heterocycles. The molecular weight excluding hydrogens is 254 g/mol. The van der Waals surface area contributed by atoms with Crippen LogP contribution in [0.2, 0.25) is 0 Å². The fraction of sp³-hybridized carbons (Fsp3) is 0.0833. The highest BCUT2D eigenvalue weighted by atomic mass is 32.2. The van der Waals surface area contributed by atoms with Crippen LogP contribution >= 0.6 is 0 Å². The SMILES string of the molecule is COC(=O)c1cc2ccccc2cc1S(N)(=O)=O. The van der Waals surface area contributed by atoms with E-state index in [-0.39, 0.29) is 10.5 Å². The smallest absolute Gasteiger partial charge is 0.339 e. The Kier molecular flexibility index (Phi) is 3.06. The average Bonchev–Trinajstić information content (AvgIpc) is 2.35. The van der Waals surface area contributed by atoms with Crippen LogP contribution in [-0.2, 0) is 14.8 Å². The number of fused-ring (bicyclic) bond motifs is 1. The summed E-state index contributed by atoms with van der Waals surface area (Å²) < 4.78 is 27.5. The standard InChI is InChI=1S/C12H11NO4S/c1-17-12(14)10-6-8-4-2-3-5-9(8)7-11(10)18(13,15)16/h2-7H,1H3,(H2,13,15,16). The molecule has 0 heterocycles. The van der Waals surface area contributed by atoms with E-state index in [1.807, 2.05) is 0 Å². The Balaban J connectivity index is 2.84. The van der Waals surface area contributed by atoms with E-state index in [1.54, 1.807) is 24.3 Å². The summed E-state index contributed by atoms with van der Waals surface area (Å²) in [5.41, 5.74) is -0.0568. The third-order valence-corrected chi connectivity index (χ3v) is 3.51. The molecule has 0 fully saturated rings. The van der Waals surface area contributed by atoms with Crippen LogP contribution in [0.15, 0.2) is 41.3 Å². The molecule has 2 aromatic carbocycles. The van der Waals surface area contributed by atoms with Crippen LogP contribution in [0.1, 0.15) is 10.4 Å². The summed E-state index contributed by atoms with van der Waals surface area (Å²) in [6.07, 6.45) is 0. The Labute approximate surface area is 104 Å². The van der Waals surface area contributed by atoms with E-state index >= 15 is 0 Å². The zero-order valence-electron chi connectivity index (χ0n) is 9.58. The lowest BCUT2D eigenvalue weighted by molar-refractivity contribution is 0.0596. The van der Waals surface area contributed by atoms with E-state index in [0.29, 0.717) is 5.39 Å². The van der Waals surface area contributed by atoms with Crippen molar-refractivity contribution in [3.05, 3.63) is 42.0 Å². The van der Waals surface area contributed by atoms with Crippen molar-refractivity contribution in [1.82, 2.24) is 0 Å². The highest BCUT2D eigenvalue weighted by Crippen LogP contribution is 2.23. The molecule has 0 aliphatic heterocycles. The highest BCUT2D eigenvalue weighted by molar-refractivity contribution is 7.89. The van der Waals surface area contributed by atoms with Gasteiger partial charge in [0, 0.05) is 0 Å². The van der Waals surface area contributed by atoms with Gasteiger partial charge >= 0.3 is 5.97 Å². The maximum Gasteiger partial charge on any atom is 0.339 e. The van der Waals surface area contributed by atoms with Crippen LogP contribution in [0.3, 0.4) is 0 Å². The van der Waals surface area contributed by atoms with Gasteiger partial charge in [-0.1, -0.05) is 24.3 Å². The lowest BCUT2D eigenvalue weighted by atomic mass is 10.1. The number of benzene rings is 2. The van der Waals surface area contributed by atoms with Gasteiger partial charge in [0.2, 0.25) is 10.0 Å². The van der Waals surface area contributed by atoms with E-state index < -0.39 is 16.0 Å². The molecule has 0 unspecified atom stereocenters. The molecule has 2 rings (SSSR count). The summed E-state index contributed by atoms with van der Waals surface area (Å²) >= 11 is 0. The molecule has 0 atom stereocenters. The molecule has 0 aromatic heterocycles. The Bertz CT molecular complexity index is 722. The number of carbonyl (C=O) groups is 1. The lowest BCUT2D eigenvalue weighted by Crippen LogP contribution is -2.17. The second-order valence-corrected chi connectivity index (χ2v) is 5.26. The normalized spacial score (nSPS) is 11.4. The number of rotatable bonds is 2. The van der Waals surface area contributed by atoms with Crippen LogP contribution in [0.25, 0.3) is 10.8 Å². The number of hydrogen-bond donors (Lipinski definition) is 1. The van der Waals surface area contributed by atoms with Gasteiger partial charge in [0.15, 0.2) is 0 Å². The van der Waals surface area contributed by atoms with Gasteiger partial charge in [-0.3, -0.25) is 0 Å². The summed E-state index contributed by atoms with van der Waals surface area (Å²) in [5, 5.41) is 6.54. The number of primary sulfonamides is 1. The summed E-state index contributed by atoms with van der Waals surface area (Å²) in [6, 6.07) is 9.91. The molecule has 0 aliphatic rings. The highest BCUT2D eigenvalue weighted by Gasteiger charge is 2.20. The van der Waals surface area contributed by atoms with Crippen molar-refractivity contribution in [2.24, 2.45) is 5.14 Å². The number of carbonyl (C=O) groups excluding carboxylic acids is 1. The summed E-state index contributed by atoms with van der Waals surface area (Å²) in [6.45, 7) is 0. The first-order valence-electron chi connectivity index (χ1n) is 5.07. The fourth-order valence-electron chi connectivity index (χ4n) is 1.72. The number of nitrogens with two attached hydrogens (primary N) is 1. The first kappa shape index (κ1) is 12.5. The molecule has 2 N–H and O–H groups in total. The molecule has 2 aromatic rings. The number of methoxy groups -OCH3 is 1. The van der Waals surface area contributed by atoms with Gasteiger partial charge in [0.1, 0.15) is 0 Å². The van der Waals surface area contributed by atoms with Crippen molar-refractivity contribution in [3.8, 4) is 0 Å². The number of hydrogen-bond acceptors (Lipinski definition) is 4. The predicted octanol–water partition coefficient (Wildman–Crippen LogP) is 1.27. The molecular formula is C12H11NO4S. The third kappa shape index (κ3) is 2.20.